The molecule has 2 aromatic heterocycles. The van der Waals surface area contributed by atoms with E-state index in [0.29, 0.717) is 17.1 Å². The summed E-state index contributed by atoms with van der Waals surface area (Å²) in [4.78, 5) is 19.5. The number of pyridine rings is 1. The van der Waals surface area contributed by atoms with Gasteiger partial charge in [0.2, 0.25) is 5.82 Å². The summed E-state index contributed by atoms with van der Waals surface area (Å²) in [5, 5.41) is 12.9. The standard InChI is InChI=1S/C15H11N3O3/c1-9-4-2-7-12(16-9)13-17-14(21-18-13)10-5-3-6-11(8-10)15(19)20/h2-8H,1H3,(H,19,20). The first-order valence-corrected chi connectivity index (χ1v) is 6.25. The summed E-state index contributed by atoms with van der Waals surface area (Å²) in [7, 11) is 0. The Morgan fingerprint density at radius 2 is 1.95 bits per heavy atom. The molecular weight excluding hydrogens is 270 g/mol. The first-order valence-electron chi connectivity index (χ1n) is 6.25. The lowest BCUT2D eigenvalue weighted by atomic mass is 10.1. The molecule has 3 aromatic rings. The van der Waals surface area contributed by atoms with Crippen LogP contribution in [0, 0.1) is 6.92 Å². The predicted molar refractivity (Wildman–Crippen MR) is 74.7 cm³/mol. The van der Waals surface area contributed by atoms with E-state index in [4.69, 9.17) is 9.63 Å². The van der Waals surface area contributed by atoms with E-state index in [1.54, 1.807) is 18.2 Å². The molecule has 2 heterocycles. The summed E-state index contributed by atoms with van der Waals surface area (Å²) in [6, 6.07) is 11.9. The summed E-state index contributed by atoms with van der Waals surface area (Å²) in [5.41, 5.74) is 2.19. The number of carboxylic acid groups (broad SMARTS) is 1. The molecular formula is C15H11N3O3. The zero-order chi connectivity index (χ0) is 14.8. The van der Waals surface area contributed by atoms with Crippen LogP contribution in [0.4, 0.5) is 0 Å². The molecule has 104 valence electrons. The molecule has 0 bridgehead atoms. The molecule has 6 nitrogen and oxygen atoms in total. The molecule has 0 unspecified atom stereocenters. The number of carboxylic acids is 1. The number of aromatic nitrogens is 3. The monoisotopic (exact) mass is 281 g/mol. The largest absolute Gasteiger partial charge is 0.478 e. The van der Waals surface area contributed by atoms with Gasteiger partial charge in [0, 0.05) is 11.3 Å². The van der Waals surface area contributed by atoms with Gasteiger partial charge in [-0.3, -0.25) is 0 Å². The van der Waals surface area contributed by atoms with Crippen LogP contribution in [0.15, 0.2) is 47.0 Å². The maximum atomic E-state index is 11.0. The highest BCUT2D eigenvalue weighted by Crippen LogP contribution is 2.22. The third kappa shape index (κ3) is 2.64. The highest BCUT2D eigenvalue weighted by atomic mass is 16.5. The fourth-order valence-corrected chi connectivity index (χ4v) is 1.90. The lowest BCUT2D eigenvalue weighted by Gasteiger charge is -1.97. The SMILES string of the molecule is Cc1cccc(-c2noc(-c3cccc(C(=O)O)c3)n2)n1. The number of rotatable bonds is 3. The Morgan fingerprint density at radius 1 is 1.14 bits per heavy atom. The zero-order valence-electron chi connectivity index (χ0n) is 11.1. The van der Waals surface area contributed by atoms with Crippen LogP contribution in [0.2, 0.25) is 0 Å². The van der Waals surface area contributed by atoms with Crippen LogP contribution in [-0.2, 0) is 0 Å². The molecule has 0 aliphatic heterocycles. The van der Waals surface area contributed by atoms with Gasteiger partial charge in [-0.05, 0) is 37.3 Å². The van der Waals surface area contributed by atoms with Crippen molar-refractivity contribution in [1.29, 1.82) is 0 Å². The summed E-state index contributed by atoms with van der Waals surface area (Å²) < 4.78 is 5.19. The molecule has 1 aromatic carbocycles. The molecule has 0 spiro atoms. The predicted octanol–water partition coefficient (Wildman–Crippen LogP) is 2.81. The van der Waals surface area contributed by atoms with Crippen LogP contribution in [0.5, 0.6) is 0 Å². The Balaban J connectivity index is 1.98. The van der Waals surface area contributed by atoms with E-state index in [1.165, 1.54) is 12.1 Å². The second-order valence-electron chi connectivity index (χ2n) is 4.47. The zero-order valence-corrected chi connectivity index (χ0v) is 11.1. The van der Waals surface area contributed by atoms with Gasteiger partial charge < -0.3 is 9.63 Å². The molecule has 0 aliphatic rings. The lowest BCUT2D eigenvalue weighted by molar-refractivity contribution is 0.0697. The Labute approximate surface area is 120 Å². The van der Waals surface area contributed by atoms with E-state index >= 15 is 0 Å². The van der Waals surface area contributed by atoms with Crippen molar-refractivity contribution in [2.45, 2.75) is 6.92 Å². The van der Waals surface area contributed by atoms with Crippen molar-refractivity contribution in [3.63, 3.8) is 0 Å². The number of benzene rings is 1. The van der Waals surface area contributed by atoms with Crippen molar-refractivity contribution < 1.29 is 14.4 Å². The van der Waals surface area contributed by atoms with Crippen molar-refractivity contribution >= 4 is 5.97 Å². The van der Waals surface area contributed by atoms with Crippen molar-refractivity contribution in [1.82, 2.24) is 15.1 Å². The average molecular weight is 281 g/mol. The van der Waals surface area contributed by atoms with Crippen LogP contribution in [0.1, 0.15) is 16.1 Å². The number of hydrogen-bond donors (Lipinski definition) is 1. The number of hydrogen-bond acceptors (Lipinski definition) is 5. The normalized spacial score (nSPS) is 10.5. The number of carbonyl (C=O) groups is 1. The minimum Gasteiger partial charge on any atom is -0.478 e. The first-order chi connectivity index (χ1) is 10.1. The van der Waals surface area contributed by atoms with Gasteiger partial charge in [-0.15, -0.1) is 0 Å². The van der Waals surface area contributed by atoms with Crippen LogP contribution >= 0.6 is 0 Å². The molecule has 1 N–H and O–H groups in total. The van der Waals surface area contributed by atoms with Crippen molar-refractivity contribution in [2.24, 2.45) is 0 Å². The Kier molecular flexibility index (Phi) is 3.19. The van der Waals surface area contributed by atoms with Gasteiger partial charge in [0.15, 0.2) is 0 Å². The van der Waals surface area contributed by atoms with Gasteiger partial charge in [0.05, 0.1) is 5.56 Å². The van der Waals surface area contributed by atoms with E-state index in [9.17, 15) is 4.79 Å². The van der Waals surface area contributed by atoms with Gasteiger partial charge in [0.25, 0.3) is 5.89 Å². The molecule has 0 saturated carbocycles. The first kappa shape index (κ1) is 13.0. The van der Waals surface area contributed by atoms with Crippen LogP contribution in [0.3, 0.4) is 0 Å². The third-order valence-corrected chi connectivity index (χ3v) is 2.90. The molecule has 0 aliphatic carbocycles. The molecule has 0 radical (unpaired) electrons. The van der Waals surface area contributed by atoms with Gasteiger partial charge in [0.1, 0.15) is 5.69 Å². The molecule has 0 fully saturated rings. The van der Waals surface area contributed by atoms with Gasteiger partial charge in [-0.1, -0.05) is 17.3 Å². The second-order valence-corrected chi connectivity index (χ2v) is 4.47. The number of aryl methyl sites for hydroxylation is 1. The van der Waals surface area contributed by atoms with Crippen LogP contribution in [0.25, 0.3) is 23.0 Å². The van der Waals surface area contributed by atoms with E-state index in [1.807, 2.05) is 19.1 Å². The highest BCUT2D eigenvalue weighted by molar-refractivity contribution is 5.89. The molecule has 0 atom stereocenters. The molecule has 3 rings (SSSR count). The molecule has 0 amide bonds. The van der Waals surface area contributed by atoms with Crippen molar-refractivity contribution in [3.8, 4) is 23.0 Å². The maximum Gasteiger partial charge on any atom is 0.335 e. The summed E-state index contributed by atoms with van der Waals surface area (Å²) in [6.45, 7) is 1.88. The van der Waals surface area contributed by atoms with Crippen molar-refractivity contribution in [3.05, 3.63) is 53.7 Å². The quantitative estimate of drug-likeness (QED) is 0.794. The van der Waals surface area contributed by atoms with Crippen LogP contribution < -0.4 is 0 Å². The van der Waals surface area contributed by atoms with Crippen LogP contribution in [-0.4, -0.2) is 26.2 Å². The Hall–Kier alpha value is -3.02. The maximum absolute atomic E-state index is 11.0. The Morgan fingerprint density at radius 3 is 2.71 bits per heavy atom. The fraction of sp³-hybridized carbons (Fsp3) is 0.0667. The van der Waals surface area contributed by atoms with E-state index in [0.717, 1.165) is 5.69 Å². The highest BCUT2D eigenvalue weighted by Gasteiger charge is 2.13. The minimum absolute atomic E-state index is 0.168. The lowest BCUT2D eigenvalue weighted by Crippen LogP contribution is -1.95. The van der Waals surface area contributed by atoms with E-state index in [-0.39, 0.29) is 11.5 Å². The van der Waals surface area contributed by atoms with Gasteiger partial charge in [-0.25, -0.2) is 9.78 Å². The average Bonchev–Trinajstić information content (AvgIpc) is 2.97. The van der Waals surface area contributed by atoms with Crippen molar-refractivity contribution in [2.75, 3.05) is 0 Å². The Bertz CT molecular complexity index is 811. The fourth-order valence-electron chi connectivity index (χ4n) is 1.90. The van der Waals surface area contributed by atoms with Gasteiger partial charge >= 0.3 is 5.97 Å². The molecule has 6 heteroatoms. The minimum atomic E-state index is -1.00. The smallest absolute Gasteiger partial charge is 0.335 e. The summed E-state index contributed by atoms with van der Waals surface area (Å²) in [6.07, 6.45) is 0. The second kappa shape index (κ2) is 5.16. The third-order valence-electron chi connectivity index (χ3n) is 2.90. The summed E-state index contributed by atoms with van der Waals surface area (Å²) in [5.74, 6) is -0.372. The number of aromatic carboxylic acids is 1. The topological polar surface area (TPSA) is 89.1 Å². The summed E-state index contributed by atoms with van der Waals surface area (Å²) >= 11 is 0. The molecule has 0 saturated heterocycles. The van der Waals surface area contributed by atoms with Gasteiger partial charge in [-0.2, -0.15) is 4.98 Å². The van der Waals surface area contributed by atoms with E-state index in [2.05, 4.69) is 15.1 Å². The molecule has 21 heavy (non-hydrogen) atoms. The van der Waals surface area contributed by atoms with E-state index < -0.39 is 5.97 Å². The number of nitrogens with zero attached hydrogens (tertiary/aromatic N) is 3.